The van der Waals surface area contributed by atoms with Crippen LogP contribution in [0.5, 0.6) is 0 Å². The Hall–Kier alpha value is -1.64. The molecular formula is C18H28N4O3S. The Balaban J connectivity index is 1.53. The number of rotatable bonds is 3. The molecule has 1 aromatic carbocycles. The molecule has 2 aliphatic heterocycles. The Morgan fingerprint density at radius 3 is 2.62 bits per heavy atom. The topological polar surface area (TPSA) is 73.0 Å². The van der Waals surface area contributed by atoms with Crippen molar-refractivity contribution in [3.05, 3.63) is 35.4 Å². The van der Waals surface area contributed by atoms with Crippen LogP contribution in [0.25, 0.3) is 0 Å². The number of carbonyl (C=O) groups is 1. The highest BCUT2D eigenvalue weighted by Crippen LogP contribution is 2.21. The number of carbonyl (C=O) groups excluding carboxylic acids is 1. The summed E-state index contributed by atoms with van der Waals surface area (Å²) in [5, 5.41) is 3.04. The number of hydrogen-bond donors (Lipinski definition) is 1. The first kappa shape index (κ1) is 19.1. The molecule has 1 atom stereocenters. The Morgan fingerprint density at radius 1 is 1.15 bits per heavy atom. The second-order valence-electron chi connectivity index (χ2n) is 7.23. The van der Waals surface area contributed by atoms with E-state index in [1.165, 1.54) is 21.7 Å². The number of sulfonamides is 1. The van der Waals surface area contributed by atoms with E-state index >= 15 is 0 Å². The van der Waals surface area contributed by atoms with E-state index in [9.17, 15) is 13.2 Å². The standard InChI is InChI=1S/C18H28N4O3S/c1-20-14-16-7-4-3-6-15(16)12-17(20)13-19-18(23)21-8-5-9-22(11-10-21)26(2,24)25/h3-4,6-7,17H,5,8-14H2,1-2H3,(H,19,23)/t17-/m0/s1. The molecule has 26 heavy (non-hydrogen) atoms. The summed E-state index contributed by atoms with van der Waals surface area (Å²) >= 11 is 0. The number of amides is 2. The van der Waals surface area contributed by atoms with Crippen molar-refractivity contribution in [3.63, 3.8) is 0 Å². The normalized spacial score (nSPS) is 22.5. The molecule has 0 spiro atoms. The van der Waals surface area contributed by atoms with Crippen molar-refractivity contribution < 1.29 is 13.2 Å². The number of fused-ring (bicyclic) bond motifs is 1. The fourth-order valence-electron chi connectivity index (χ4n) is 3.69. The molecule has 0 bridgehead atoms. The molecule has 0 aliphatic carbocycles. The van der Waals surface area contributed by atoms with E-state index in [2.05, 4.69) is 41.5 Å². The summed E-state index contributed by atoms with van der Waals surface area (Å²) in [4.78, 5) is 16.5. The molecule has 1 fully saturated rings. The van der Waals surface area contributed by atoms with Crippen molar-refractivity contribution in [2.75, 3.05) is 46.0 Å². The summed E-state index contributed by atoms with van der Waals surface area (Å²) in [6.45, 7) is 3.34. The zero-order chi connectivity index (χ0) is 18.7. The van der Waals surface area contributed by atoms with Crippen LogP contribution in [0.2, 0.25) is 0 Å². The maximum absolute atomic E-state index is 12.5. The summed E-state index contributed by atoms with van der Waals surface area (Å²) in [5.41, 5.74) is 2.70. The van der Waals surface area contributed by atoms with Crippen LogP contribution in [0.3, 0.4) is 0 Å². The number of benzene rings is 1. The Morgan fingerprint density at radius 2 is 1.88 bits per heavy atom. The lowest BCUT2D eigenvalue weighted by atomic mass is 9.94. The van der Waals surface area contributed by atoms with Crippen molar-refractivity contribution in [1.82, 2.24) is 19.4 Å². The highest BCUT2D eigenvalue weighted by molar-refractivity contribution is 7.88. The van der Waals surface area contributed by atoms with Crippen LogP contribution in [0, 0.1) is 0 Å². The summed E-state index contributed by atoms with van der Waals surface area (Å²) < 4.78 is 24.8. The van der Waals surface area contributed by atoms with Crippen molar-refractivity contribution in [2.24, 2.45) is 0 Å². The molecule has 0 saturated carbocycles. The summed E-state index contributed by atoms with van der Waals surface area (Å²) in [6, 6.07) is 8.61. The summed E-state index contributed by atoms with van der Waals surface area (Å²) in [5.74, 6) is 0. The molecule has 144 valence electrons. The van der Waals surface area contributed by atoms with Crippen molar-refractivity contribution in [1.29, 1.82) is 0 Å². The molecule has 1 aromatic rings. The lowest BCUT2D eigenvalue weighted by Crippen LogP contribution is -2.49. The predicted molar refractivity (Wildman–Crippen MR) is 101 cm³/mol. The third-order valence-electron chi connectivity index (χ3n) is 5.32. The quantitative estimate of drug-likeness (QED) is 0.839. The third kappa shape index (κ3) is 4.55. The van der Waals surface area contributed by atoms with Crippen molar-refractivity contribution in [2.45, 2.75) is 25.4 Å². The Bertz CT molecular complexity index is 753. The van der Waals surface area contributed by atoms with E-state index in [-0.39, 0.29) is 12.1 Å². The predicted octanol–water partition coefficient (Wildman–Crippen LogP) is 0.720. The average molecular weight is 381 g/mol. The maximum Gasteiger partial charge on any atom is 0.317 e. The smallest absolute Gasteiger partial charge is 0.317 e. The molecule has 1 saturated heterocycles. The molecule has 2 amide bonds. The third-order valence-corrected chi connectivity index (χ3v) is 6.62. The zero-order valence-electron chi connectivity index (χ0n) is 15.5. The molecule has 0 radical (unpaired) electrons. The van der Waals surface area contributed by atoms with Gasteiger partial charge in [-0.2, -0.15) is 0 Å². The van der Waals surface area contributed by atoms with Gasteiger partial charge in [-0.05, 0) is 31.0 Å². The molecule has 2 aliphatic rings. The van der Waals surface area contributed by atoms with Crippen LogP contribution in [0.4, 0.5) is 4.79 Å². The first-order valence-electron chi connectivity index (χ1n) is 9.09. The highest BCUT2D eigenvalue weighted by Gasteiger charge is 2.26. The van der Waals surface area contributed by atoms with Crippen LogP contribution in [0.15, 0.2) is 24.3 Å². The molecule has 3 rings (SSSR count). The van der Waals surface area contributed by atoms with E-state index in [0.717, 1.165) is 13.0 Å². The van der Waals surface area contributed by atoms with Crippen LogP contribution in [-0.2, 0) is 23.0 Å². The van der Waals surface area contributed by atoms with Gasteiger partial charge in [0.05, 0.1) is 6.26 Å². The summed E-state index contributed by atoms with van der Waals surface area (Å²) in [6.07, 6.45) is 2.81. The molecule has 1 N–H and O–H groups in total. The van der Waals surface area contributed by atoms with Crippen LogP contribution < -0.4 is 5.32 Å². The number of nitrogens with one attached hydrogen (secondary N) is 1. The van der Waals surface area contributed by atoms with Crippen LogP contribution >= 0.6 is 0 Å². The first-order chi connectivity index (χ1) is 12.3. The molecule has 7 nitrogen and oxygen atoms in total. The average Bonchev–Trinajstić information content (AvgIpc) is 2.86. The van der Waals surface area contributed by atoms with Crippen molar-refractivity contribution in [3.8, 4) is 0 Å². The van der Waals surface area contributed by atoms with Gasteiger partial charge in [0.1, 0.15) is 0 Å². The molecular weight excluding hydrogens is 352 g/mol. The van der Waals surface area contributed by atoms with Gasteiger partial charge in [0.2, 0.25) is 10.0 Å². The maximum atomic E-state index is 12.5. The molecule has 2 heterocycles. The van der Waals surface area contributed by atoms with E-state index in [0.29, 0.717) is 39.1 Å². The van der Waals surface area contributed by atoms with Crippen LogP contribution in [0.1, 0.15) is 17.5 Å². The monoisotopic (exact) mass is 380 g/mol. The number of hydrogen-bond acceptors (Lipinski definition) is 4. The molecule has 8 heteroatoms. The first-order valence-corrected chi connectivity index (χ1v) is 10.9. The second-order valence-corrected chi connectivity index (χ2v) is 9.21. The van der Waals surface area contributed by atoms with Gasteiger partial charge < -0.3 is 10.2 Å². The Labute approximate surface area is 156 Å². The number of nitrogens with zero attached hydrogens (tertiary/aromatic N) is 3. The number of urea groups is 1. The highest BCUT2D eigenvalue weighted by atomic mass is 32.2. The minimum atomic E-state index is -3.20. The fraction of sp³-hybridized carbons (Fsp3) is 0.611. The van der Waals surface area contributed by atoms with E-state index in [4.69, 9.17) is 0 Å². The van der Waals surface area contributed by atoms with Crippen LogP contribution in [-0.4, -0.2) is 80.6 Å². The van der Waals surface area contributed by atoms with E-state index in [1.54, 1.807) is 4.90 Å². The fourth-order valence-corrected chi connectivity index (χ4v) is 4.57. The summed E-state index contributed by atoms with van der Waals surface area (Å²) in [7, 11) is -1.11. The van der Waals surface area contributed by atoms with E-state index in [1.807, 2.05) is 0 Å². The van der Waals surface area contributed by atoms with Crippen molar-refractivity contribution >= 4 is 16.1 Å². The minimum absolute atomic E-state index is 0.104. The van der Waals surface area contributed by atoms with Gasteiger partial charge in [-0.25, -0.2) is 17.5 Å². The van der Waals surface area contributed by atoms with Gasteiger partial charge in [0.15, 0.2) is 0 Å². The van der Waals surface area contributed by atoms with Gasteiger partial charge >= 0.3 is 6.03 Å². The van der Waals surface area contributed by atoms with Gasteiger partial charge in [-0.15, -0.1) is 0 Å². The lowest BCUT2D eigenvalue weighted by Gasteiger charge is -2.34. The van der Waals surface area contributed by atoms with Gasteiger partial charge in [-0.3, -0.25) is 4.90 Å². The molecule has 0 unspecified atom stereocenters. The van der Waals surface area contributed by atoms with Gasteiger partial charge in [0, 0.05) is 45.3 Å². The second kappa shape index (κ2) is 7.94. The van der Waals surface area contributed by atoms with Gasteiger partial charge in [-0.1, -0.05) is 24.3 Å². The lowest BCUT2D eigenvalue weighted by molar-refractivity contribution is 0.183. The zero-order valence-corrected chi connectivity index (χ0v) is 16.3. The molecule has 0 aromatic heterocycles. The minimum Gasteiger partial charge on any atom is -0.336 e. The number of likely N-dealkylation sites (N-methyl/N-ethyl adjacent to an activating group) is 1. The largest absolute Gasteiger partial charge is 0.336 e. The van der Waals surface area contributed by atoms with Gasteiger partial charge in [0.25, 0.3) is 0 Å². The Kier molecular flexibility index (Phi) is 5.84. The SMILES string of the molecule is CN1Cc2ccccc2C[C@H]1CNC(=O)N1CCCN(S(C)(=O)=O)CC1. The van der Waals surface area contributed by atoms with E-state index < -0.39 is 10.0 Å².